The SMILES string of the molecule is CC(C)N(Cc1cccs1)c1cc(Cl)ccc1CBr. The van der Waals surface area contributed by atoms with Crippen molar-refractivity contribution >= 4 is 44.6 Å². The third-order valence-corrected chi connectivity index (χ3v) is 4.73. The molecule has 0 aliphatic heterocycles. The summed E-state index contributed by atoms with van der Waals surface area (Å²) >= 11 is 11.5. The van der Waals surface area contributed by atoms with Gasteiger partial charge in [-0.15, -0.1) is 11.3 Å². The van der Waals surface area contributed by atoms with Crippen molar-refractivity contribution in [2.24, 2.45) is 0 Å². The average Bonchev–Trinajstić information content (AvgIpc) is 2.88. The molecule has 0 amide bonds. The summed E-state index contributed by atoms with van der Waals surface area (Å²) in [6.07, 6.45) is 0. The molecule has 1 aromatic carbocycles. The molecule has 102 valence electrons. The van der Waals surface area contributed by atoms with Gasteiger partial charge in [-0.3, -0.25) is 0 Å². The molecule has 0 aliphatic rings. The summed E-state index contributed by atoms with van der Waals surface area (Å²) < 4.78 is 0. The van der Waals surface area contributed by atoms with Crippen LogP contribution in [0.1, 0.15) is 24.3 Å². The van der Waals surface area contributed by atoms with E-state index in [9.17, 15) is 0 Å². The molecular formula is C15H17BrClNS. The van der Waals surface area contributed by atoms with Crippen molar-refractivity contribution in [3.63, 3.8) is 0 Å². The molecule has 0 atom stereocenters. The van der Waals surface area contributed by atoms with Crippen LogP contribution < -0.4 is 4.90 Å². The molecule has 0 spiro atoms. The quantitative estimate of drug-likeness (QED) is 0.619. The highest BCUT2D eigenvalue weighted by molar-refractivity contribution is 9.08. The summed E-state index contributed by atoms with van der Waals surface area (Å²) in [4.78, 5) is 3.77. The van der Waals surface area contributed by atoms with E-state index in [4.69, 9.17) is 11.6 Å². The lowest BCUT2D eigenvalue weighted by Gasteiger charge is -2.30. The largest absolute Gasteiger partial charge is 0.364 e. The number of benzene rings is 1. The van der Waals surface area contributed by atoms with Crippen molar-refractivity contribution < 1.29 is 0 Å². The Morgan fingerprint density at radius 3 is 2.68 bits per heavy atom. The van der Waals surface area contributed by atoms with Crippen LogP contribution in [0, 0.1) is 0 Å². The van der Waals surface area contributed by atoms with Crippen LogP contribution in [0.15, 0.2) is 35.7 Å². The summed E-state index contributed by atoms with van der Waals surface area (Å²) in [5, 5.41) is 3.75. The van der Waals surface area contributed by atoms with E-state index < -0.39 is 0 Å². The van der Waals surface area contributed by atoms with Gasteiger partial charge < -0.3 is 4.90 Å². The molecule has 0 saturated carbocycles. The summed E-state index contributed by atoms with van der Waals surface area (Å²) in [6.45, 7) is 5.36. The topological polar surface area (TPSA) is 3.24 Å². The number of hydrogen-bond donors (Lipinski definition) is 0. The van der Waals surface area contributed by atoms with Crippen LogP contribution in [0.3, 0.4) is 0 Å². The predicted octanol–water partition coefficient (Wildman–Crippen LogP) is 5.71. The molecule has 19 heavy (non-hydrogen) atoms. The van der Waals surface area contributed by atoms with Gasteiger partial charge in [0.05, 0.1) is 6.54 Å². The summed E-state index contributed by atoms with van der Waals surface area (Å²) in [5.41, 5.74) is 2.49. The van der Waals surface area contributed by atoms with Gasteiger partial charge in [0, 0.05) is 27.0 Å². The van der Waals surface area contributed by atoms with Gasteiger partial charge in [-0.2, -0.15) is 0 Å². The summed E-state index contributed by atoms with van der Waals surface area (Å²) in [6, 6.07) is 10.8. The Kier molecular flexibility index (Phi) is 5.31. The van der Waals surface area contributed by atoms with Crippen molar-refractivity contribution in [3.05, 3.63) is 51.2 Å². The fourth-order valence-electron chi connectivity index (χ4n) is 2.03. The molecule has 0 bridgehead atoms. The highest BCUT2D eigenvalue weighted by Crippen LogP contribution is 2.30. The van der Waals surface area contributed by atoms with Crippen molar-refractivity contribution in [1.82, 2.24) is 0 Å². The molecule has 0 aliphatic carbocycles. The van der Waals surface area contributed by atoms with E-state index in [2.05, 4.69) is 64.3 Å². The predicted molar refractivity (Wildman–Crippen MR) is 89.7 cm³/mol. The van der Waals surface area contributed by atoms with E-state index in [1.807, 2.05) is 6.07 Å². The van der Waals surface area contributed by atoms with Crippen LogP contribution in [-0.2, 0) is 11.9 Å². The molecule has 1 aromatic heterocycles. The first-order chi connectivity index (χ1) is 9.11. The van der Waals surface area contributed by atoms with Gasteiger partial charge in [-0.25, -0.2) is 0 Å². The first-order valence-corrected chi connectivity index (χ1v) is 8.63. The maximum Gasteiger partial charge on any atom is 0.0525 e. The molecule has 0 saturated heterocycles. The Labute approximate surface area is 132 Å². The Bertz CT molecular complexity index is 525. The van der Waals surface area contributed by atoms with Gasteiger partial charge in [0.25, 0.3) is 0 Å². The van der Waals surface area contributed by atoms with Crippen molar-refractivity contribution in [2.45, 2.75) is 31.8 Å². The Hall–Kier alpha value is -0.510. The minimum Gasteiger partial charge on any atom is -0.364 e. The van der Waals surface area contributed by atoms with Gasteiger partial charge in [0.15, 0.2) is 0 Å². The van der Waals surface area contributed by atoms with E-state index in [-0.39, 0.29) is 0 Å². The number of alkyl halides is 1. The highest BCUT2D eigenvalue weighted by atomic mass is 79.9. The van der Waals surface area contributed by atoms with Crippen molar-refractivity contribution in [3.8, 4) is 0 Å². The van der Waals surface area contributed by atoms with Crippen molar-refractivity contribution in [1.29, 1.82) is 0 Å². The second-order valence-corrected chi connectivity index (χ2v) is 6.74. The lowest BCUT2D eigenvalue weighted by molar-refractivity contribution is 0.685. The third-order valence-electron chi connectivity index (χ3n) is 3.03. The smallest absolute Gasteiger partial charge is 0.0525 e. The number of halogens is 2. The number of anilines is 1. The average molecular weight is 359 g/mol. The monoisotopic (exact) mass is 357 g/mol. The number of hydrogen-bond acceptors (Lipinski definition) is 2. The zero-order chi connectivity index (χ0) is 13.8. The molecule has 4 heteroatoms. The lowest BCUT2D eigenvalue weighted by Crippen LogP contribution is -2.30. The zero-order valence-electron chi connectivity index (χ0n) is 11.1. The number of thiophene rings is 1. The summed E-state index contributed by atoms with van der Waals surface area (Å²) in [7, 11) is 0. The van der Waals surface area contributed by atoms with Crippen LogP contribution in [0.4, 0.5) is 5.69 Å². The van der Waals surface area contributed by atoms with E-state index in [1.54, 1.807) is 11.3 Å². The fourth-order valence-corrected chi connectivity index (χ4v) is 3.38. The lowest BCUT2D eigenvalue weighted by atomic mass is 10.1. The van der Waals surface area contributed by atoms with Crippen molar-refractivity contribution in [2.75, 3.05) is 4.90 Å². The molecule has 1 heterocycles. The molecular weight excluding hydrogens is 342 g/mol. The second-order valence-electron chi connectivity index (χ2n) is 4.71. The van der Waals surface area contributed by atoms with Gasteiger partial charge in [0.2, 0.25) is 0 Å². The van der Waals surface area contributed by atoms with Gasteiger partial charge in [-0.1, -0.05) is 39.7 Å². The highest BCUT2D eigenvalue weighted by Gasteiger charge is 2.15. The second kappa shape index (κ2) is 6.78. The van der Waals surface area contributed by atoms with Crippen LogP contribution in [0.2, 0.25) is 5.02 Å². The molecule has 0 N–H and O–H groups in total. The molecule has 2 aromatic rings. The van der Waals surface area contributed by atoms with E-state index in [0.29, 0.717) is 6.04 Å². The maximum absolute atomic E-state index is 6.17. The molecule has 0 fully saturated rings. The number of rotatable bonds is 5. The third kappa shape index (κ3) is 3.74. The van der Waals surface area contributed by atoms with Crippen LogP contribution in [-0.4, -0.2) is 6.04 Å². The van der Waals surface area contributed by atoms with Crippen LogP contribution in [0.5, 0.6) is 0 Å². The first-order valence-electron chi connectivity index (χ1n) is 6.25. The molecule has 0 radical (unpaired) electrons. The molecule has 1 nitrogen and oxygen atoms in total. The molecule has 0 unspecified atom stereocenters. The van der Waals surface area contributed by atoms with Crippen LogP contribution in [0.25, 0.3) is 0 Å². The minimum absolute atomic E-state index is 0.429. The van der Waals surface area contributed by atoms with Gasteiger partial charge >= 0.3 is 0 Å². The maximum atomic E-state index is 6.17. The molecule has 2 rings (SSSR count). The summed E-state index contributed by atoms with van der Waals surface area (Å²) in [5.74, 6) is 0. The van der Waals surface area contributed by atoms with Crippen LogP contribution >= 0.6 is 38.9 Å². The zero-order valence-corrected chi connectivity index (χ0v) is 14.2. The van der Waals surface area contributed by atoms with Gasteiger partial charge in [-0.05, 0) is 43.0 Å². The van der Waals surface area contributed by atoms with E-state index >= 15 is 0 Å². The Balaban J connectivity index is 2.35. The van der Waals surface area contributed by atoms with E-state index in [1.165, 1.54) is 16.1 Å². The standard InChI is InChI=1S/C15H17BrClNS/c1-11(2)18(10-14-4-3-7-19-14)15-8-13(17)6-5-12(15)9-16/h3-8,11H,9-10H2,1-2H3. The Morgan fingerprint density at radius 1 is 1.32 bits per heavy atom. The fraction of sp³-hybridized carbons (Fsp3) is 0.333. The number of nitrogens with zero attached hydrogens (tertiary/aromatic N) is 1. The first kappa shape index (κ1) is 14.9. The normalized spacial score (nSPS) is 11.0. The minimum atomic E-state index is 0.429. The van der Waals surface area contributed by atoms with Gasteiger partial charge in [0.1, 0.15) is 0 Å². The Morgan fingerprint density at radius 2 is 2.11 bits per heavy atom. The van der Waals surface area contributed by atoms with E-state index in [0.717, 1.165) is 16.9 Å².